The lowest BCUT2D eigenvalue weighted by Crippen LogP contribution is -2.36. The molecule has 0 spiro atoms. The van der Waals surface area contributed by atoms with Gasteiger partial charge in [0, 0.05) is 42.0 Å². The van der Waals surface area contributed by atoms with E-state index < -0.39 is 0 Å². The van der Waals surface area contributed by atoms with Crippen LogP contribution in [0.25, 0.3) is 10.8 Å². The Morgan fingerprint density at radius 2 is 2.04 bits per heavy atom. The Hall–Kier alpha value is -3.01. The van der Waals surface area contributed by atoms with E-state index in [2.05, 4.69) is 4.98 Å². The minimum Gasteiger partial charge on any atom is -0.334 e. The summed E-state index contributed by atoms with van der Waals surface area (Å²) in [6.45, 7) is 1.24. The van der Waals surface area contributed by atoms with Gasteiger partial charge in [0.1, 0.15) is 6.29 Å². The maximum absolute atomic E-state index is 13.0. The Labute approximate surface area is 139 Å². The number of carbonyl (C=O) groups excluding carboxylic acids is 2. The lowest BCUT2D eigenvalue weighted by molar-refractivity contribution is 0.0736. The number of benzene rings is 2. The number of nitrogens with zero attached hydrogens (tertiary/aromatic N) is 2. The van der Waals surface area contributed by atoms with E-state index >= 15 is 0 Å². The zero-order valence-corrected chi connectivity index (χ0v) is 13.1. The normalized spacial score (nSPS) is 13.6. The lowest BCUT2D eigenvalue weighted by atomic mass is 9.96. The minimum absolute atomic E-state index is 0.0388. The summed E-state index contributed by atoms with van der Waals surface area (Å²) in [4.78, 5) is 29.9. The molecule has 2 aromatic carbocycles. The van der Waals surface area contributed by atoms with E-state index in [1.165, 1.54) is 0 Å². The predicted octanol–water partition coefficient (Wildman–Crippen LogP) is 3.25. The third-order valence-corrected chi connectivity index (χ3v) is 4.58. The molecule has 0 saturated carbocycles. The van der Waals surface area contributed by atoms with Crippen LogP contribution in [0.4, 0.5) is 0 Å². The highest BCUT2D eigenvalue weighted by molar-refractivity contribution is 6.06. The minimum atomic E-state index is 0.0388. The fourth-order valence-electron chi connectivity index (χ4n) is 3.30. The van der Waals surface area contributed by atoms with Crippen LogP contribution in [0.15, 0.2) is 54.9 Å². The first-order valence-corrected chi connectivity index (χ1v) is 7.95. The van der Waals surface area contributed by atoms with Crippen LogP contribution in [0.5, 0.6) is 0 Å². The van der Waals surface area contributed by atoms with Crippen molar-refractivity contribution in [2.24, 2.45) is 0 Å². The van der Waals surface area contributed by atoms with Crippen LogP contribution in [0, 0.1) is 0 Å². The van der Waals surface area contributed by atoms with Gasteiger partial charge in [-0.15, -0.1) is 0 Å². The van der Waals surface area contributed by atoms with Gasteiger partial charge in [-0.3, -0.25) is 14.6 Å². The molecule has 0 radical (unpaired) electrons. The van der Waals surface area contributed by atoms with Gasteiger partial charge >= 0.3 is 0 Å². The Bertz CT molecular complexity index is 944. The van der Waals surface area contributed by atoms with Crippen molar-refractivity contribution in [3.8, 4) is 0 Å². The zero-order valence-electron chi connectivity index (χ0n) is 13.1. The highest BCUT2D eigenvalue weighted by Crippen LogP contribution is 2.24. The highest BCUT2D eigenvalue weighted by Gasteiger charge is 2.23. The number of aldehydes is 1. The summed E-state index contributed by atoms with van der Waals surface area (Å²) in [6, 6.07) is 13.3. The van der Waals surface area contributed by atoms with E-state index in [0.29, 0.717) is 24.2 Å². The van der Waals surface area contributed by atoms with Crippen molar-refractivity contribution < 1.29 is 9.59 Å². The van der Waals surface area contributed by atoms with E-state index in [9.17, 15) is 9.59 Å². The van der Waals surface area contributed by atoms with Gasteiger partial charge in [0.25, 0.3) is 5.91 Å². The van der Waals surface area contributed by atoms with E-state index in [0.717, 1.165) is 34.6 Å². The number of amides is 1. The molecular weight excluding hydrogens is 300 g/mol. The SMILES string of the molecule is O=Cc1ccc2c(c1)CCN(C(=O)c1cccc3cnccc13)C2. The molecule has 4 nitrogen and oxygen atoms in total. The van der Waals surface area contributed by atoms with Crippen LogP contribution in [-0.2, 0) is 13.0 Å². The van der Waals surface area contributed by atoms with Gasteiger partial charge in [-0.25, -0.2) is 0 Å². The molecule has 0 bridgehead atoms. The molecule has 0 aliphatic carbocycles. The summed E-state index contributed by atoms with van der Waals surface area (Å²) < 4.78 is 0. The van der Waals surface area contributed by atoms with Crippen LogP contribution in [0.3, 0.4) is 0 Å². The highest BCUT2D eigenvalue weighted by atomic mass is 16.2. The van der Waals surface area contributed by atoms with Gasteiger partial charge in [0.05, 0.1) is 0 Å². The van der Waals surface area contributed by atoms with Crippen LogP contribution in [-0.4, -0.2) is 28.6 Å². The second-order valence-corrected chi connectivity index (χ2v) is 6.03. The second kappa shape index (κ2) is 5.89. The fraction of sp³-hybridized carbons (Fsp3) is 0.150. The number of pyridine rings is 1. The average molecular weight is 316 g/mol. The molecule has 24 heavy (non-hydrogen) atoms. The van der Waals surface area contributed by atoms with Crippen LogP contribution in [0.1, 0.15) is 31.8 Å². The average Bonchev–Trinajstić information content (AvgIpc) is 2.66. The first-order chi connectivity index (χ1) is 11.8. The quantitative estimate of drug-likeness (QED) is 0.682. The summed E-state index contributed by atoms with van der Waals surface area (Å²) in [5, 5.41) is 1.90. The monoisotopic (exact) mass is 316 g/mol. The summed E-state index contributed by atoms with van der Waals surface area (Å²) in [6.07, 6.45) is 5.13. The molecule has 0 N–H and O–H groups in total. The van der Waals surface area contributed by atoms with Gasteiger partial charge in [-0.1, -0.05) is 24.3 Å². The maximum Gasteiger partial charge on any atom is 0.254 e. The molecule has 0 atom stereocenters. The molecule has 0 fully saturated rings. The molecule has 2 heterocycles. The summed E-state index contributed by atoms with van der Waals surface area (Å²) in [7, 11) is 0. The third-order valence-electron chi connectivity index (χ3n) is 4.58. The van der Waals surface area contributed by atoms with Gasteiger partial charge in [0.2, 0.25) is 0 Å². The second-order valence-electron chi connectivity index (χ2n) is 6.03. The predicted molar refractivity (Wildman–Crippen MR) is 92.0 cm³/mol. The number of hydrogen-bond donors (Lipinski definition) is 0. The third kappa shape index (κ3) is 2.46. The number of aromatic nitrogens is 1. The summed E-state index contributed by atoms with van der Waals surface area (Å²) in [5.41, 5.74) is 3.67. The Morgan fingerprint density at radius 1 is 1.12 bits per heavy atom. The number of hydrogen-bond acceptors (Lipinski definition) is 3. The van der Waals surface area contributed by atoms with Crippen molar-refractivity contribution in [2.45, 2.75) is 13.0 Å². The van der Waals surface area contributed by atoms with Crippen LogP contribution < -0.4 is 0 Å². The van der Waals surface area contributed by atoms with Crippen LogP contribution in [0.2, 0.25) is 0 Å². The molecule has 3 aromatic rings. The van der Waals surface area contributed by atoms with E-state index in [1.807, 2.05) is 47.4 Å². The van der Waals surface area contributed by atoms with Crippen molar-refractivity contribution in [1.29, 1.82) is 0 Å². The molecule has 1 aliphatic heterocycles. The molecule has 0 saturated heterocycles. The molecule has 4 heteroatoms. The van der Waals surface area contributed by atoms with Gasteiger partial charge in [-0.05, 0) is 41.1 Å². The number of carbonyl (C=O) groups is 2. The fourth-order valence-corrected chi connectivity index (χ4v) is 3.30. The first-order valence-electron chi connectivity index (χ1n) is 7.95. The van der Waals surface area contributed by atoms with Crippen molar-refractivity contribution in [3.05, 3.63) is 77.1 Å². The van der Waals surface area contributed by atoms with Crippen molar-refractivity contribution in [3.63, 3.8) is 0 Å². The summed E-state index contributed by atoms with van der Waals surface area (Å²) >= 11 is 0. The molecule has 1 aliphatic rings. The largest absolute Gasteiger partial charge is 0.334 e. The van der Waals surface area contributed by atoms with Crippen molar-refractivity contribution >= 4 is 23.0 Å². The topological polar surface area (TPSA) is 50.3 Å². The standard InChI is InChI=1S/C20H16N2O2/c23-13-14-4-5-17-12-22(9-7-15(17)10-14)20(24)19-3-1-2-16-11-21-8-6-18(16)19/h1-6,8,10-11,13H,7,9,12H2. The van der Waals surface area contributed by atoms with Gasteiger partial charge in [-0.2, -0.15) is 0 Å². The molecule has 0 unspecified atom stereocenters. The van der Waals surface area contributed by atoms with Crippen molar-refractivity contribution in [2.75, 3.05) is 6.54 Å². The van der Waals surface area contributed by atoms with E-state index in [-0.39, 0.29) is 5.91 Å². The smallest absolute Gasteiger partial charge is 0.254 e. The van der Waals surface area contributed by atoms with Gasteiger partial charge < -0.3 is 4.90 Å². The van der Waals surface area contributed by atoms with Crippen molar-refractivity contribution in [1.82, 2.24) is 9.88 Å². The summed E-state index contributed by atoms with van der Waals surface area (Å²) in [5.74, 6) is 0.0388. The van der Waals surface area contributed by atoms with E-state index in [4.69, 9.17) is 0 Å². The molecule has 1 amide bonds. The van der Waals surface area contributed by atoms with Gasteiger partial charge in [0.15, 0.2) is 0 Å². The molecule has 1 aromatic heterocycles. The molecule has 4 rings (SSSR count). The van der Waals surface area contributed by atoms with Crippen LogP contribution >= 0.6 is 0 Å². The number of fused-ring (bicyclic) bond motifs is 2. The molecule has 118 valence electrons. The lowest BCUT2D eigenvalue weighted by Gasteiger charge is -2.29. The Kier molecular flexibility index (Phi) is 3.58. The number of rotatable bonds is 2. The van der Waals surface area contributed by atoms with E-state index in [1.54, 1.807) is 12.4 Å². The Balaban J connectivity index is 1.66. The Morgan fingerprint density at radius 3 is 2.92 bits per heavy atom. The maximum atomic E-state index is 13.0. The first kappa shape index (κ1) is 14.6. The zero-order chi connectivity index (χ0) is 16.5. The molecular formula is C20H16N2O2.